The highest BCUT2D eigenvalue weighted by Crippen LogP contribution is 2.48. The van der Waals surface area contributed by atoms with E-state index in [1.807, 2.05) is 0 Å². The van der Waals surface area contributed by atoms with Crippen molar-refractivity contribution in [2.75, 3.05) is 0 Å². The Hall–Kier alpha value is -0.830. The molecular weight excluding hydrogens is 214 g/mol. The molecule has 3 heteroatoms. The maximum absolute atomic E-state index is 11.6. The van der Waals surface area contributed by atoms with Crippen LogP contribution >= 0.6 is 0 Å². The molecule has 2 N–H and O–H groups in total. The van der Waals surface area contributed by atoms with E-state index in [1.165, 1.54) is 25.3 Å². The molecule has 2 bridgehead atoms. The highest BCUT2D eigenvalue weighted by molar-refractivity contribution is 5.81. The fraction of sp³-hybridized carbons (Fsp3) is 0.786. The average Bonchev–Trinajstić information content (AvgIpc) is 2.34. The van der Waals surface area contributed by atoms with Gasteiger partial charge in [-0.05, 0) is 31.6 Å². The molecule has 2 aliphatic carbocycles. The van der Waals surface area contributed by atoms with Crippen LogP contribution in [0.5, 0.6) is 0 Å². The minimum atomic E-state index is -0.442. The number of fused-ring (bicyclic) bond motifs is 2. The van der Waals surface area contributed by atoms with Gasteiger partial charge in [0.15, 0.2) is 0 Å². The molecule has 96 valence electrons. The summed E-state index contributed by atoms with van der Waals surface area (Å²) < 4.78 is 5.69. The van der Waals surface area contributed by atoms with E-state index in [1.54, 1.807) is 0 Å². The van der Waals surface area contributed by atoms with Crippen LogP contribution in [-0.2, 0) is 9.53 Å². The van der Waals surface area contributed by atoms with Crippen molar-refractivity contribution >= 4 is 5.97 Å². The first-order chi connectivity index (χ1) is 8.12. The first-order valence-corrected chi connectivity index (χ1v) is 6.73. The predicted octanol–water partition coefficient (Wildman–Crippen LogP) is 2.40. The molecule has 2 fully saturated rings. The van der Waals surface area contributed by atoms with Gasteiger partial charge < -0.3 is 10.5 Å². The van der Waals surface area contributed by atoms with Crippen molar-refractivity contribution in [2.24, 2.45) is 17.6 Å². The standard InChI is InChI=1S/C14H23NO2/c1-3-13(16)17-14(4-2)11-7-5-6-10(8-11)9-12(14)15/h3,10-12H,1,4-9,15H2,2H3. The Labute approximate surface area is 103 Å². The van der Waals surface area contributed by atoms with E-state index in [-0.39, 0.29) is 12.0 Å². The van der Waals surface area contributed by atoms with Gasteiger partial charge in [0.2, 0.25) is 0 Å². The molecule has 0 aromatic heterocycles. The second-order valence-electron chi connectivity index (χ2n) is 5.51. The molecule has 4 unspecified atom stereocenters. The van der Waals surface area contributed by atoms with Crippen LogP contribution in [0.25, 0.3) is 0 Å². The van der Waals surface area contributed by atoms with E-state index in [2.05, 4.69) is 13.5 Å². The molecule has 2 rings (SSSR count). The maximum atomic E-state index is 11.6. The van der Waals surface area contributed by atoms with Crippen molar-refractivity contribution < 1.29 is 9.53 Å². The van der Waals surface area contributed by atoms with Gasteiger partial charge in [-0.15, -0.1) is 0 Å². The smallest absolute Gasteiger partial charge is 0.330 e. The Morgan fingerprint density at radius 1 is 1.53 bits per heavy atom. The third-order valence-electron chi connectivity index (χ3n) is 4.70. The van der Waals surface area contributed by atoms with E-state index >= 15 is 0 Å². The third-order valence-corrected chi connectivity index (χ3v) is 4.70. The zero-order valence-electron chi connectivity index (χ0n) is 10.7. The molecule has 2 saturated carbocycles. The fourth-order valence-corrected chi connectivity index (χ4v) is 3.82. The van der Waals surface area contributed by atoms with Crippen molar-refractivity contribution in [3.63, 3.8) is 0 Å². The van der Waals surface area contributed by atoms with Crippen LogP contribution < -0.4 is 5.73 Å². The molecule has 0 amide bonds. The van der Waals surface area contributed by atoms with Gasteiger partial charge in [0, 0.05) is 18.0 Å². The minimum absolute atomic E-state index is 0.0135. The van der Waals surface area contributed by atoms with Gasteiger partial charge in [0.1, 0.15) is 5.60 Å². The van der Waals surface area contributed by atoms with Crippen LogP contribution in [-0.4, -0.2) is 17.6 Å². The Balaban J connectivity index is 2.22. The molecule has 0 aliphatic heterocycles. The second kappa shape index (κ2) is 4.81. The molecule has 0 spiro atoms. The summed E-state index contributed by atoms with van der Waals surface area (Å²) in [5.74, 6) is 0.857. The fourth-order valence-electron chi connectivity index (χ4n) is 3.82. The largest absolute Gasteiger partial charge is 0.454 e. The van der Waals surface area contributed by atoms with Gasteiger partial charge in [-0.25, -0.2) is 4.79 Å². The summed E-state index contributed by atoms with van der Waals surface area (Å²) in [5, 5.41) is 0. The summed E-state index contributed by atoms with van der Waals surface area (Å²) in [7, 11) is 0. The Bertz CT molecular complexity index is 313. The first-order valence-electron chi connectivity index (χ1n) is 6.73. The lowest BCUT2D eigenvalue weighted by Gasteiger charge is -2.51. The molecule has 3 nitrogen and oxygen atoms in total. The number of esters is 1. The van der Waals surface area contributed by atoms with Crippen LogP contribution in [0.4, 0.5) is 0 Å². The zero-order valence-corrected chi connectivity index (χ0v) is 10.7. The lowest BCUT2D eigenvalue weighted by Crippen LogP contribution is -2.60. The summed E-state index contributed by atoms with van der Waals surface area (Å²) in [6, 6.07) is -0.0135. The average molecular weight is 237 g/mol. The number of hydrogen-bond donors (Lipinski definition) is 1. The number of rotatable bonds is 3. The molecule has 0 radical (unpaired) electrons. The van der Waals surface area contributed by atoms with Crippen molar-refractivity contribution in [3.8, 4) is 0 Å². The summed E-state index contributed by atoms with van der Waals surface area (Å²) in [4.78, 5) is 11.6. The summed E-state index contributed by atoms with van der Waals surface area (Å²) in [6.45, 7) is 5.56. The first kappa shape index (κ1) is 12.6. The minimum Gasteiger partial charge on any atom is -0.454 e. The van der Waals surface area contributed by atoms with Crippen molar-refractivity contribution in [3.05, 3.63) is 12.7 Å². The number of carbonyl (C=O) groups is 1. The van der Waals surface area contributed by atoms with E-state index in [0.717, 1.165) is 25.2 Å². The van der Waals surface area contributed by atoms with Crippen molar-refractivity contribution in [2.45, 2.75) is 57.1 Å². The highest BCUT2D eigenvalue weighted by Gasteiger charge is 2.51. The SMILES string of the molecule is C=CC(=O)OC1(CC)C(N)CC2CCCC1C2. The van der Waals surface area contributed by atoms with Gasteiger partial charge in [-0.1, -0.05) is 26.3 Å². The molecule has 2 aliphatic rings. The van der Waals surface area contributed by atoms with Gasteiger partial charge >= 0.3 is 5.97 Å². The monoisotopic (exact) mass is 237 g/mol. The number of nitrogens with two attached hydrogens (primary N) is 1. The highest BCUT2D eigenvalue weighted by atomic mass is 16.6. The lowest BCUT2D eigenvalue weighted by atomic mass is 9.61. The topological polar surface area (TPSA) is 52.3 Å². The number of hydrogen-bond acceptors (Lipinski definition) is 3. The lowest BCUT2D eigenvalue weighted by molar-refractivity contribution is -0.174. The predicted molar refractivity (Wildman–Crippen MR) is 67.4 cm³/mol. The second-order valence-corrected chi connectivity index (χ2v) is 5.51. The Kier molecular flexibility index (Phi) is 3.57. The van der Waals surface area contributed by atoms with E-state index in [9.17, 15) is 4.79 Å². The Morgan fingerprint density at radius 3 is 2.94 bits per heavy atom. The normalized spacial score (nSPS) is 40.7. The molecule has 0 aromatic carbocycles. The number of ether oxygens (including phenoxy) is 1. The zero-order chi connectivity index (χ0) is 12.5. The summed E-state index contributed by atoms with van der Waals surface area (Å²) in [6.07, 6.45) is 7.90. The summed E-state index contributed by atoms with van der Waals surface area (Å²) in [5.41, 5.74) is 5.86. The molecule has 17 heavy (non-hydrogen) atoms. The van der Waals surface area contributed by atoms with E-state index < -0.39 is 5.60 Å². The van der Waals surface area contributed by atoms with Crippen LogP contribution in [0.1, 0.15) is 45.4 Å². The van der Waals surface area contributed by atoms with E-state index in [0.29, 0.717) is 5.92 Å². The van der Waals surface area contributed by atoms with Crippen LogP contribution in [0.3, 0.4) is 0 Å². The van der Waals surface area contributed by atoms with Crippen LogP contribution in [0.2, 0.25) is 0 Å². The quantitative estimate of drug-likeness (QED) is 0.605. The molecule has 4 atom stereocenters. The summed E-state index contributed by atoms with van der Waals surface area (Å²) >= 11 is 0. The van der Waals surface area contributed by atoms with Crippen LogP contribution in [0, 0.1) is 11.8 Å². The van der Waals surface area contributed by atoms with Crippen LogP contribution in [0.15, 0.2) is 12.7 Å². The third kappa shape index (κ3) is 2.13. The van der Waals surface area contributed by atoms with Crippen molar-refractivity contribution in [1.29, 1.82) is 0 Å². The molecule has 0 aromatic rings. The van der Waals surface area contributed by atoms with Gasteiger partial charge in [0.25, 0.3) is 0 Å². The van der Waals surface area contributed by atoms with Gasteiger partial charge in [0.05, 0.1) is 0 Å². The maximum Gasteiger partial charge on any atom is 0.330 e. The number of carbonyl (C=O) groups excluding carboxylic acids is 1. The van der Waals surface area contributed by atoms with E-state index in [4.69, 9.17) is 10.5 Å². The Morgan fingerprint density at radius 2 is 2.29 bits per heavy atom. The van der Waals surface area contributed by atoms with Gasteiger partial charge in [-0.2, -0.15) is 0 Å². The van der Waals surface area contributed by atoms with Crippen molar-refractivity contribution in [1.82, 2.24) is 0 Å². The molecule has 0 heterocycles. The van der Waals surface area contributed by atoms with Gasteiger partial charge in [-0.3, -0.25) is 0 Å². The molecule has 0 saturated heterocycles. The molecular formula is C14H23NO2.